The van der Waals surface area contributed by atoms with Crippen LogP contribution in [-0.4, -0.2) is 77.5 Å². The summed E-state index contributed by atoms with van der Waals surface area (Å²) in [5.41, 5.74) is 0.291. The van der Waals surface area contributed by atoms with Crippen molar-refractivity contribution < 1.29 is 23.7 Å². The van der Waals surface area contributed by atoms with Gasteiger partial charge in [-0.1, -0.05) is 16.8 Å². The van der Waals surface area contributed by atoms with E-state index in [1.54, 1.807) is 28.3 Å². The largest absolute Gasteiger partial charge is 0.430 e. The lowest BCUT2D eigenvalue weighted by molar-refractivity contribution is -0.154. The molecule has 1 spiro atoms. The van der Waals surface area contributed by atoms with E-state index in [4.69, 9.17) is 21.3 Å². The fraction of sp³-hybridized carbons (Fsp3) is 0.417. The lowest BCUT2D eigenvalue weighted by atomic mass is 9.87. The number of rotatable bonds is 4. The van der Waals surface area contributed by atoms with Crippen molar-refractivity contribution in [2.24, 2.45) is 5.16 Å². The number of nitrogens with zero attached hydrogens (tertiary/aromatic N) is 5. The Labute approximate surface area is 212 Å². The van der Waals surface area contributed by atoms with Gasteiger partial charge in [-0.2, -0.15) is 0 Å². The summed E-state index contributed by atoms with van der Waals surface area (Å²) in [4.78, 5) is 44.5. The normalized spacial score (nSPS) is 19.6. The molecule has 10 nitrogen and oxygen atoms in total. The number of hydrogen-bond acceptors (Lipinski definition) is 8. The molecule has 0 bridgehead atoms. The second kappa shape index (κ2) is 10.3. The number of hydrogen-bond donors (Lipinski definition) is 1. The van der Waals surface area contributed by atoms with Gasteiger partial charge in [0, 0.05) is 70.4 Å². The zero-order chi connectivity index (χ0) is 25.1. The van der Waals surface area contributed by atoms with Gasteiger partial charge < -0.3 is 19.5 Å². The van der Waals surface area contributed by atoms with Crippen molar-refractivity contribution in [1.29, 1.82) is 0 Å². The Balaban J connectivity index is 1.07. The summed E-state index contributed by atoms with van der Waals surface area (Å²) in [6, 6.07) is 9.02. The van der Waals surface area contributed by atoms with Crippen molar-refractivity contribution in [2.75, 3.05) is 49.5 Å². The molecule has 2 aromatic rings. The number of carbonyl (C=O) groups excluding carboxylic acids is 2. The molecule has 1 aromatic carbocycles. The van der Waals surface area contributed by atoms with Gasteiger partial charge in [-0.3, -0.25) is 10.1 Å². The monoisotopic (exact) mass is 516 g/mol. The number of nitrogens with one attached hydrogen (secondary N) is 1. The van der Waals surface area contributed by atoms with Crippen LogP contribution in [0.25, 0.3) is 0 Å². The first-order valence-corrected chi connectivity index (χ1v) is 12.2. The minimum absolute atomic E-state index is 0.115. The summed E-state index contributed by atoms with van der Waals surface area (Å²) in [6.07, 6.45) is 2.60. The molecular weight excluding hydrogens is 491 g/mol. The van der Waals surface area contributed by atoms with E-state index in [2.05, 4.69) is 20.4 Å². The van der Waals surface area contributed by atoms with Crippen molar-refractivity contribution in [3.05, 3.63) is 53.4 Å². The Morgan fingerprint density at radius 2 is 1.78 bits per heavy atom. The van der Waals surface area contributed by atoms with Gasteiger partial charge in [-0.05, 0) is 36.4 Å². The molecule has 2 fully saturated rings. The van der Waals surface area contributed by atoms with E-state index in [-0.39, 0.29) is 11.7 Å². The Morgan fingerprint density at radius 1 is 1.06 bits per heavy atom. The molecule has 5 rings (SSSR count). The topological polar surface area (TPSA) is 99.6 Å². The number of pyridine rings is 1. The highest BCUT2D eigenvalue weighted by Gasteiger charge is 2.45. The number of benzene rings is 1. The maximum absolute atomic E-state index is 13.1. The number of aromatic nitrogens is 1. The second-order valence-electron chi connectivity index (χ2n) is 9.02. The van der Waals surface area contributed by atoms with Gasteiger partial charge in [0.05, 0.1) is 5.02 Å². The standard InChI is InChI=1S/C24H26ClFN6O4/c25-19-2-1-9-27-21(19)30-12-14-31(15-13-30)22(33)20-16-24(36-29-20)7-10-32(11-8-24)35-23(34)28-18-5-3-17(26)4-6-18/h1-6,9H,7-8,10-16H2,(H,28,34). The number of piperazine rings is 1. The highest BCUT2D eigenvalue weighted by atomic mass is 35.5. The summed E-state index contributed by atoms with van der Waals surface area (Å²) in [7, 11) is 0. The van der Waals surface area contributed by atoms with Crippen LogP contribution >= 0.6 is 11.6 Å². The maximum Gasteiger partial charge on any atom is 0.430 e. The van der Waals surface area contributed by atoms with E-state index in [0.717, 1.165) is 5.82 Å². The Kier molecular flexibility index (Phi) is 6.92. The molecule has 4 heterocycles. The summed E-state index contributed by atoms with van der Waals surface area (Å²) >= 11 is 6.25. The fourth-order valence-electron chi connectivity index (χ4n) is 4.59. The van der Waals surface area contributed by atoms with Gasteiger partial charge in [-0.15, -0.1) is 5.06 Å². The van der Waals surface area contributed by atoms with Crippen LogP contribution < -0.4 is 10.2 Å². The quantitative estimate of drug-likeness (QED) is 0.665. The molecule has 2 amide bonds. The Hall–Kier alpha value is -3.44. The molecule has 3 aliphatic rings. The number of piperidine rings is 1. The summed E-state index contributed by atoms with van der Waals surface area (Å²) < 4.78 is 13.0. The zero-order valence-corrected chi connectivity index (χ0v) is 20.3. The zero-order valence-electron chi connectivity index (χ0n) is 19.5. The average Bonchev–Trinajstić information content (AvgIpc) is 3.30. The molecule has 0 unspecified atom stereocenters. The highest BCUT2D eigenvalue weighted by Crippen LogP contribution is 2.35. The number of anilines is 2. The van der Waals surface area contributed by atoms with Crippen molar-refractivity contribution in [2.45, 2.75) is 24.9 Å². The smallest absolute Gasteiger partial charge is 0.388 e. The van der Waals surface area contributed by atoms with Gasteiger partial charge in [0.25, 0.3) is 5.91 Å². The molecule has 0 aliphatic carbocycles. The number of halogens is 2. The molecule has 0 atom stereocenters. The lowest BCUT2D eigenvalue weighted by Crippen LogP contribution is -2.51. The van der Waals surface area contributed by atoms with Crippen LogP contribution in [-0.2, 0) is 14.5 Å². The highest BCUT2D eigenvalue weighted by molar-refractivity contribution is 6.39. The fourth-order valence-corrected chi connectivity index (χ4v) is 4.84. The molecular formula is C24H26ClFN6O4. The van der Waals surface area contributed by atoms with E-state index in [9.17, 15) is 14.0 Å². The lowest BCUT2D eigenvalue weighted by Gasteiger charge is -2.36. The summed E-state index contributed by atoms with van der Waals surface area (Å²) in [5.74, 6) is 0.228. The van der Waals surface area contributed by atoms with Crippen LogP contribution in [0.15, 0.2) is 47.8 Å². The van der Waals surface area contributed by atoms with Crippen molar-refractivity contribution >= 4 is 40.8 Å². The van der Waals surface area contributed by atoms with Crippen LogP contribution in [0.5, 0.6) is 0 Å². The maximum atomic E-state index is 13.1. The molecule has 1 N–H and O–H groups in total. The third kappa shape index (κ3) is 5.36. The van der Waals surface area contributed by atoms with Crippen molar-refractivity contribution in [3.8, 4) is 0 Å². The van der Waals surface area contributed by atoms with Gasteiger partial charge in [0.15, 0.2) is 0 Å². The molecule has 0 radical (unpaired) electrons. The Morgan fingerprint density at radius 3 is 2.47 bits per heavy atom. The van der Waals surface area contributed by atoms with E-state index in [1.165, 1.54) is 24.3 Å². The third-order valence-corrected chi connectivity index (χ3v) is 6.92. The van der Waals surface area contributed by atoms with Crippen LogP contribution in [0.1, 0.15) is 19.3 Å². The predicted molar refractivity (Wildman–Crippen MR) is 131 cm³/mol. The number of carbonyl (C=O) groups is 2. The van der Waals surface area contributed by atoms with Crippen LogP contribution in [0.4, 0.5) is 20.7 Å². The van der Waals surface area contributed by atoms with Crippen molar-refractivity contribution in [3.63, 3.8) is 0 Å². The Bertz CT molecular complexity index is 1150. The first-order valence-electron chi connectivity index (χ1n) is 11.8. The van der Waals surface area contributed by atoms with Gasteiger partial charge in [-0.25, -0.2) is 14.2 Å². The molecule has 3 aliphatic heterocycles. The van der Waals surface area contributed by atoms with Gasteiger partial charge in [0.2, 0.25) is 0 Å². The third-order valence-electron chi connectivity index (χ3n) is 6.63. The minimum atomic E-state index is -0.650. The van der Waals surface area contributed by atoms with E-state index in [0.29, 0.717) is 75.0 Å². The molecule has 190 valence electrons. The number of amides is 2. The number of hydroxylamine groups is 2. The van der Waals surface area contributed by atoms with Gasteiger partial charge >= 0.3 is 6.09 Å². The molecule has 0 saturated carbocycles. The van der Waals surface area contributed by atoms with Crippen LogP contribution in [0.3, 0.4) is 0 Å². The van der Waals surface area contributed by atoms with Crippen LogP contribution in [0, 0.1) is 5.82 Å². The predicted octanol–water partition coefficient (Wildman–Crippen LogP) is 3.30. The SMILES string of the molecule is O=C(Nc1ccc(F)cc1)ON1CCC2(CC1)CC(C(=O)N1CCN(c3ncccc3Cl)CC1)=NO2. The first kappa shape index (κ1) is 24.3. The molecule has 12 heteroatoms. The summed E-state index contributed by atoms with van der Waals surface area (Å²) in [5, 5.41) is 8.85. The second-order valence-corrected chi connectivity index (χ2v) is 9.42. The number of oxime groups is 1. The van der Waals surface area contributed by atoms with Crippen LogP contribution in [0.2, 0.25) is 5.02 Å². The van der Waals surface area contributed by atoms with E-state index >= 15 is 0 Å². The molecule has 1 aromatic heterocycles. The first-order chi connectivity index (χ1) is 17.4. The molecule has 36 heavy (non-hydrogen) atoms. The molecule has 2 saturated heterocycles. The minimum Gasteiger partial charge on any atom is -0.388 e. The van der Waals surface area contributed by atoms with E-state index in [1.807, 2.05) is 0 Å². The van der Waals surface area contributed by atoms with E-state index < -0.39 is 11.7 Å². The van der Waals surface area contributed by atoms with Gasteiger partial charge in [0.1, 0.15) is 22.9 Å². The van der Waals surface area contributed by atoms with Crippen molar-refractivity contribution in [1.82, 2.24) is 14.9 Å². The average molecular weight is 517 g/mol. The summed E-state index contributed by atoms with van der Waals surface area (Å²) in [6.45, 7) is 3.24.